The lowest BCUT2D eigenvalue weighted by atomic mass is 10.1. The van der Waals surface area contributed by atoms with Gasteiger partial charge in [-0.15, -0.1) is 0 Å². The third-order valence-electron chi connectivity index (χ3n) is 2.64. The maximum Gasteiger partial charge on any atom is 0.267 e. The van der Waals surface area contributed by atoms with Crippen LogP contribution in [0.3, 0.4) is 0 Å². The summed E-state index contributed by atoms with van der Waals surface area (Å²) in [6.07, 6.45) is -1.09. The minimum Gasteiger partial charge on any atom is -0.269 e. The van der Waals surface area contributed by atoms with Gasteiger partial charge in [0.25, 0.3) is 6.43 Å². The lowest BCUT2D eigenvalue weighted by Crippen LogP contribution is -2.00. The van der Waals surface area contributed by atoms with Gasteiger partial charge in [0.15, 0.2) is 0 Å². The van der Waals surface area contributed by atoms with E-state index in [0.29, 0.717) is 11.3 Å². The topological polar surface area (TPSA) is 17.8 Å². The molecule has 0 amide bonds. The van der Waals surface area contributed by atoms with Gasteiger partial charge in [-0.1, -0.05) is 28.1 Å². The highest BCUT2D eigenvalue weighted by molar-refractivity contribution is 9.10. The Morgan fingerprint density at radius 3 is 2.28 bits per heavy atom. The molecule has 18 heavy (non-hydrogen) atoms. The van der Waals surface area contributed by atoms with E-state index in [1.807, 2.05) is 26.0 Å². The molecule has 0 spiro atoms. The second kappa shape index (κ2) is 5.18. The average molecular weight is 315 g/mol. The number of alkyl halides is 2. The van der Waals surface area contributed by atoms with Crippen molar-refractivity contribution >= 4 is 15.9 Å². The molecule has 1 aromatic carbocycles. The van der Waals surface area contributed by atoms with E-state index in [1.54, 1.807) is 16.8 Å². The molecule has 2 rings (SSSR count). The number of benzene rings is 1. The van der Waals surface area contributed by atoms with Crippen molar-refractivity contribution in [2.45, 2.75) is 26.3 Å². The molecular formula is C13H13BrF2N2. The molecule has 96 valence electrons. The van der Waals surface area contributed by atoms with E-state index in [9.17, 15) is 8.78 Å². The van der Waals surface area contributed by atoms with Crippen LogP contribution < -0.4 is 0 Å². The Labute approximate surface area is 113 Å². The number of rotatable bonds is 3. The second-order valence-electron chi connectivity index (χ2n) is 4.31. The second-order valence-corrected chi connectivity index (χ2v) is 5.23. The van der Waals surface area contributed by atoms with Crippen molar-refractivity contribution in [1.29, 1.82) is 0 Å². The minimum absolute atomic E-state index is 0.0222. The monoisotopic (exact) mass is 314 g/mol. The molecule has 0 saturated carbocycles. The largest absolute Gasteiger partial charge is 0.269 e. The number of halogens is 3. The van der Waals surface area contributed by atoms with Gasteiger partial charge in [0.05, 0.1) is 5.56 Å². The van der Waals surface area contributed by atoms with Crippen molar-refractivity contribution in [3.05, 3.63) is 40.5 Å². The number of aromatic nitrogens is 2. The van der Waals surface area contributed by atoms with Crippen molar-refractivity contribution in [2.24, 2.45) is 0 Å². The fourth-order valence-corrected chi connectivity index (χ4v) is 1.93. The van der Waals surface area contributed by atoms with Crippen LogP contribution in [0.2, 0.25) is 0 Å². The van der Waals surface area contributed by atoms with Crippen LogP contribution in [0.4, 0.5) is 8.78 Å². The Kier molecular flexibility index (Phi) is 3.80. The molecule has 0 fully saturated rings. The van der Waals surface area contributed by atoms with Crippen molar-refractivity contribution in [3.63, 3.8) is 0 Å². The van der Waals surface area contributed by atoms with E-state index in [-0.39, 0.29) is 11.6 Å². The molecule has 2 aromatic rings. The van der Waals surface area contributed by atoms with Crippen molar-refractivity contribution in [1.82, 2.24) is 9.78 Å². The number of hydrogen-bond donors (Lipinski definition) is 0. The minimum atomic E-state index is -2.52. The van der Waals surface area contributed by atoms with E-state index >= 15 is 0 Å². The Morgan fingerprint density at radius 1 is 1.17 bits per heavy atom. The summed E-state index contributed by atoms with van der Waals surface area (Å²) in [5, 5.41) is 4.25. The molecular weight excluding hydrogens is 302 g/mol. The molecule has 5 heteroatoms. The van der Waals surface area contributed by atoms with Gasteiger partial charge < -0.3 is 0 Å². The Bertz CT molecular complexity index is 532. The summed E-state index contributed by atoms with van der Waals surface area (Å²) in [6, 6.07) is 7.26. The van der Waals surface area contributed by atoms with E-state index in [2.05, 4.69) is 21.0 Å². The highest BCUT2D eigenvalue weighted by Crippen LogP contribution is 2.31. The van der Waals surface area contributed by atoms with Crippen LogP contribution in [-0.4, -0.2) is 9.78 Å². The van der Waals surface area contributed by atoms with Gasteiger partial charge in [0.2, 0.25) is 0 Å². The molecule has 0 unspecified atom stereocenters. The smallest absolute Gasteiger partial charge is 0.267 e. The van der Waals surface area contributed by atoms with Gasteiger partial charge >= 0.3 is 0 Å². The average Bonchev–Trinajstić information content (AvgIpc) is 2.75. The molecule has 0 aliphatic heterocycles. The number of hydrogen-bond acceptors (Lipinski definition) is 1. The predicted molar refractivity (Wildman–Crippen MR) is 70.7 cm³/mol. The van der Waals surface area contributed by atoms with E-state index in [4.69, 9.17) is 0 Å². The zero-order valence-corrected chi connectivity index (χ0v) is 11.7. The molecule has 2 nitrogen and oxygen atoms in total. The first kappa shape index (κ1) is 13.2. The quantitative estimate of drug-likeness (QED) is 0.793. The number of nitrogens with zero attached hydrogens (tertiary/aromatic N) is 2. The summed E-state index contributed by atoms with van der Waals surface area (Å²) in [5.74, 6) is 0. The van der Waals surface area contributed by atoms with Crippen LogP contribution >= 0.6 is 15.9 Å². The van der Waals surface area contributed by atoms with Gasteiger partial charge in [-0.05, 0) is 26.0 Å². The molecule has 0 atom stereocenters. The van der Waals surface area contributed by atoms with Crippen LogP contribution in [0.15, 0.2) is 34.9 Å². The van der Waals surface area contributed by atoms with Crippen molar-refractivity contribution in [2.75, 3.05) is 0 Å². The summed E-state index contributed by atoms with van der Waals surface area (Å²) in [6.45, 7) is 3.82. The first-order valence-corrected chi connectivity index (χ1v) is 6.41. The van der Waals surface area contributed by atoms with Gasteiger partial charge in [-0.2, -0.15) is 5.10 Å². The molecule has 0 radical (unpaired) electrons. The van der Waals surface area contributed by atoms with Gasteiger partial charge in [0, 0.05) is 22.3 Å². The summed E-state index contributed by atoms with van der Waals surface area (Å²) < 4.78 is 28.5. The molecule has 0 aliphatic carbocycles. The Balaban J connectivity index is 2.51. The summed E-state index contributed by atoms with van der Waals surface area (Å²) in [7, 11) is 0. The first-order chi connectivity index (χ1) is 8.49. The third-order valence-corrected chi connectivity index (χ3v) is 3.17. The fraction of sp³-hybridized carbons (Fsp3) is 0.308. The summed E-state index contributed by atoms with van der Waals surface area (Å²) >= 11 is 3.32. The molecule has 0 saturated heterocycles. The van der Waals surface area contributed by atoms with Crippen LogP contribution in [0, 0.1) is 0 Å². The summed E-state index contributed by atoms with van der Waals surface area (Å²) in [5.41, 5.74) is 1.03. The van der Waals surface area contributed by atoms with Gasteiger partial charge in [-0.25, -0.2) is 8.78 Å². The van der Waals surface area contributed by atoms with Crippen LogP contribution in [0.25, 0.3) is 11.3 Å². The highest BCUT2D eigenvalue weighted by Gasteiger charge is 2.19. The van der Waals surface area contributed by atoms with Gasteiger partial charge in [-0.3, -0.25) is 4.68 Å². The molecule has 0 bridgehead atoms. The predicted octanol–water partition coefficient (Wildman–Crippen LogP) is 4.83. The molecule has 1 heterocycles. The molecule has 1 aromatic heterocycles. The van der Waals surface area contributed by atoms with Crippen LogP contribution in [-0.2, 0) is 0 Å². The van der Waals surface area contributed by atoms with E-state index < -0.39 is 6.43 Å². The van der Waals surface area contributed by atoms with Crippen molar-refractivity contribution in [3.8, 4) is 11.3 Å². The van der Waals surface area contributed by atoms with E-state index in [0.717, 1.165) is 4.47 Å². The zero-order valence-electron chi connectivity index (χ0n) is 10.1. The lowest BCUT2D eigenvalue weighted by Gasteiger charge is -2.03. The maximum absolute atomic E-state index is 13.0. The summed E-state index contributed by atoms with van der Waals surface area (Å²) in [4.78, 5) is 0. The Hall–Kier alpha value is -1.23. The fourth-order valence-electron chi connectivity index (χ4n) is 1.66. The zero-order chi connectivity index (χ0) is 13.3. The molecule has 0 aliphatic rings. The van der Waals surface area contributed by atoms with Crippen molar-refractivity contribution < 1.29 is 8.78 Å². The first-order valence-electron chi connectivity index (χ1n) is 5.62. The third kappa shape index (κ3) is 2.61. The van der Waals surface area contributed by atoms with Crippen LogP contribution in [0.5, 0.6) is 0 Å². The van der Waals surface area contributed by atoms with E-state index in [1.165, 1.54) is 6.20 Å². The maximum atomic E-state index is 13.0. The normalized spacial score (nSPS) is 11.5. The van der Waals surface area contributed by atoms with Crippen LogP contribution in [0.1, 0.15) is 31.9 Å². The standard InChI is InChI=1S/C13H13BrF2N2/c1-8(2)18-7-11(13(15)16)12(17-18)9-3-5-10(14)6-4-9/h3-8,13H,1-2H3. The SMILES string of the molecule is CC(C)n1cc(C(F)F)c(-c2ccc(Br)cc2)n1. The Morgan fingerprint density at radius 2 is 1.78 bits per heavy atom. The lowest BCUT2D eigenvalue weighted by molar-refractivity contribution is 0.152. The highest BCUT2D eigenvalue weighted by atomic mass is 79.9. The molecule has 0 N–H and O–H groups in total. The van der Waals surface area contributed by atoms with Gasteiger partial charge in [0.1, 0.15) is 5.69 Å².